The largest absolute Gasteiger partial charge is 0.478 e. The molecule has 0 spiro atoms. The number of benzene rings is 1. The number of aliphatic imine (C=N–C) groups is 1. The molecule has 3 N–H and O–H groups in total. The topological polar surface area (TPSA) is 89.9 Å². The van der Waals surface area contributed by atoms with Crippen molar-refractivity contribution in [3.63, 3.8) is 0 Å². The van der Waals surface area contributed by atoms with Gasteiger partial charge in [-0.3, -0.25) is 9.89 Å². The van der Waals surface area contributed by atoms with Gasteiger partial charge in [0.2, 0.25) is 0 Å². The van der Waals surface area contributed by atoms with Gasteiger partial charge in [-0.25, -0.2) is 22.9 Å². The van der Waals surface area contributed by atoms with Crippen LogP contribution in [-0.4, -0.2) is 64.9 Å². The third-order valence-corrected chi connectivity index (χ3v) is 7.34. The Kier molecular flexibility index (Phi) is 5.50. The van der Waals surface area contributed by atoms with Crippen molar-refractivity contribution in [2.24, 2.45) is 10.9 Å². The fourth-order valence-corrected chi connectivity index (χ4v) is 5.52. The second kappa shape index (κ2) is 8.23. The molecular weight excluding hydrogens is 455 g/mol. The first-order chi connectivity index (χ1) is 15.8. The van der Waals surface area contributed by atoms with Gasteiger partial charge in [-0.1, -0.05) is 12.1 Å². The molecule has 11 heteroatoms. The molecule has 1 aromatic heterocycles. The smallest absolute Gasteiger partial charge is 0.335 e. The molecule has 1 aromatic carbocycles. The predicted molar refractivity (Wildman–Crippen MR) is 117 cm³/mol. The number of nitrogens with zero attached hydrogens (tertiary/aromatic N) is 3. The van der Waals surface area contributed by atoms with Crippen molar-refractivity contribution in [2.45, 2.75) is 24.9 Å². The number of amidine groups is 1. The number of carboxylic acid groups (broad SMARTS) is 1. The van der Waals surface area contributed by atoms with Gasteiger partial charge in [0.05, 0.1) is 18.0 Å². The Morgan fingerprint density at radius 2 is 2.18 bits per heavy atom. The Labute approximate surface area is 192 Å². The second-order valence-corrected chi connectivity index (χ2v) is 9.39. The number of halogens is 3. The Bertz CT molecular complexity index is 1150. The lowest BCUT2D eigenvalue weighted by molar-refractivity contribution is -0.133. The van der Waals surface area contributed by atoms with E-state index in [0.717, 1.165) is 0 Å². The summed E-state index contributed by atoms with van der Waals surface area (Å²) in [6.45, 7) is 1.74. The summed E-state index contributed by atoms with van der Waals surface area (Å²) in [4.78, 5) is 22.9. The summed E-state index contributed by atoms with van der Waals surface area (Å²) in [5.74, 6) is -5.05. The van der Waals surface area contributed by atoms with E-state index >= 15 is 0 Å². The van der Waals surface area contributed by atoms with Crippen LogP contribution in [0.1, 0.15) is 22.2 Å². The van der Waals surface area contributed by atoms with Gasteiger partial charge < -0.3 is 15.7 Å². The molecule has 2 saturated heterocycles. The maximum absolute atomic E-state index is 14.6. The van der Waals surface area contributed by atoms with Crippen LogP contribution in [0.4, 0.5) is 13.2 Å². The highest BCUT2D eigenvalue weighted by molar-refractivity contribution is 7.11. The Balaban J connectivity index is 1.59. The summed E-state index contributed by atoms with van der Waals surface area (Å²) in [5, 5.41) is 18.5. The number of rotatable bonds is 5. The first-order valence-corrected chi connectivity index (χ1v) is 11.4. The van der Waals surface area contributed by atoms with Crippen LogP contribution in [0.15, 0.2) is 46.0 Å². The van der Waals surface area contributed by atoms with Crippen molar-refractivity contribution in [3.05, 3.63) is 63.0 Å². The fraction of sp³-hybridized carbons (Fsp3) is 0.409. The van der Waals surface area contributed by atoms with Crippen LogP contribution in [-0.2, 0) is 4.79 Å². The zero-order valence-corrected chi connectivity index (χ0v) is 18.5. The summed E-state index contributed by atoms with van der Waals surface area (Å²) in [6.07, 6.45) is 1.60. The summed E-state index contributed by atoms with van der Waals surface area (Å²) < 4.78 is 43.5. The van der Waals surface area contributed by atoms with Crippen molar-refractivity contribution < 1.29 is 23.1 Å². The minimum atomic E-state index is -2.86. The van der Waals surface area contributed by atoms with Crippen molar-refractivity contribution in [2.75, 3.05) is 26.2 Å². The van der Waals surface area contributed by atoms with Crippen LogP contribution in [0.3, 0.4) is 0 Å². The maximum Gasteiger partial charge on any atom is 0.335 e. The number of carboxylic acids is 1. The van der Waals surface area contributed by atoms with Crippen LogP contribution in [0.25, 0.3) is 0 Å². The monoisotopic (exact) mass is 477 g/mol. The molecule has 2 aromatic rings. The highest BCUT2D eigenvalue weighted by atomic mass is 32.1. The normalized spacial score (nSPS) is 26.8. The van der Waals surface area contributed by atoms with E-state index in [4.69, 9.17) is 0 Å². The molecule has 3 aliphatic rings. The molecule has 2 unspecified atom stereocenters. The van der Waals surface area contributed by atoms with Crippen LogP contribution >= 0.6 is 11.3 Å². The predicted octanol–water partition coefficient (Wildman–Crippen LogP) is 2.56. The molecular formula is C22H22F3N5O2S. The number of fused-ring (bicyclic) bond motifs is 1. The molecule has 0 aliphatic carbocycles. The van der Waals surface area contributed by atoms with E-state index in [1.165, 1.54) is 23.5 Å². The first-order valence-electron chi connectivity index (χ1n) is 10.5. The quantitative estimate of drug-likeness (QED) is 0.614. The number of aromatic nitrogens is 1. The molecule has 7 nitrogen and oxygen atoms in total. The Hall–Kier alpha value is -2.76. The SMILES string of the molecule is Cc1c(F)cccc1[C@@H]1N=C(c2nccs2)NC(CN2CC(F)(F)C3CNCC32)=C1C(=O)O. The second-order valence-electron chi connectivity index (χ2n) is 8.49. The number of nitrogens with one attached hydrogen (secondary N) is 2. The number of hydrogen-bond acceptors (Lipinski definition) is 7. The van der Waals surface area contributed by atoms with Crippen LogP contribution in [0.5, 0.6) is 0 Å². The third kappa shape index (κ3) is 3.83. The molecule has 3 atom stereocenters. The number of hydrogen-bond donors (Lipinski definition) is 3. The van der Waals surface area contributed by atoms with Crippen molar-refractivity contribution >= 4 is 23.1 Å². The lowest BCUT2D eigenvalue weighted by atomic mass is 9.92. The van der Waals surface area contributed by atoms with E-state index in [-0.39, 0.29) is 29.9 Å². The number of carbonyl (C=O) groups is 1. The molecule has 5 rings (SSSR count). The molecule has 0 bridgehead atoms. The number of thiazole rings is 1. The highest BCUT2D eigenvalue weighted by Crippen LogP contribution is 2.41. The number of alkyl halides is 2. The van der Waals surface area contributed by atoms with Crippen molar-refractivity contribution in [1.82, 2.24) is 20.5 Å². The summed E-state index contributed by atoms with van der Waals surface area (Å²) >= 11 is 1.31. The van der Waals surface area contributed by atoms with Crippen molar-refractivity contribution in [3.8, 4) is 0 Å². The molecule has 174 valence electrons. The summed E-state index contributed by atoms with van der Waals surface area (Å²) in [5.41, 5.74) is 0.881. The molecule has 33 heavy (non-hydrogen) atoms. The molecule has 4 heterocycles. The van der Waals surface area contributed by atoms with Gasteiger partial charge in [-0.15, -0.1) is 11.3 Å². The molecule has 2 fully saturated rings. The fourth-order valence-electron chi connectivity index (χ4n) is 4.93. The molecule has 3 aliphatic heterocycles. The van der Waals surface area contributed by atoms with E-state index in [2.05, 4.69) is 20.6 Å². The lowest BCUT2D eigenvalue weighted by Crippen LogP contribution is -2.42. The summed E-state index contributed by atoms with van der Waals surface area (Å²) in [6, 6.07) is 3.04. The average molecular weight is 478 g/mol. The molecule has 0 radical (unpaired) electrons. The van der Waals surface area contributed by atoms with E-state index in [1.807, 2.05) is 0 Å². The van der Waals surface area contributed by atoms with Gasteiger partial charge in [-0.05, 0) is 24.1 Å². The highest BCUT2D eigenvalue weighted by Gasteiger charge is 2.56. The summed E-state index contributed by atoms with van der Waals surface area (Å²) in [7, 11) is 0. The minimum Gasteiger partial charge on any atom is -0.478 e. The number of likely N-dealkylation sites (tertiary alicyclic amines) is 1. The number of aliphatic carboxylic acids is 1. The van der Waals surface area contributed by atoms with Crippen LogP contribution < -0.4 is 10.6 Å². The Morgan fingerprint density at radius 3 is 2.91 bits per heavy atom. The third-order valence-electron chi connectivity index (χ3n) is 6.56. The van der Waals surface area contributed by atoms with Crippen LogP contribution in [0, 0.1) is 18.7 Å². The molecule has 0 amide bonds. The van der Waals surface area contributed by atoms with E-state index in [1.54, 1.807) is 29.5 Å². The van der Waals surface area contributed by atoms with Gasteiger partial charge in [0.25, 0.3) is 5.92 Å². The average Bonchev–Trinajstić information content (AvgIpc) is 3.50. The standard InChI is InChI=1S/C22H22F3N5O2S/c1-11-12(3-2-4-14(11)23)18-17(21(31)32)15(28-19(29-18)20-27-5-6-33-20)9-30-10-22(24,25)13-7-26-8-16(13)30/h2-6,13,16,18,26H,7-10H2,1H3,(H,28,29)(H,31,32)/t13?,16?,18-/m0/s1. The first kappa shape index (κ1) is 22.1. The maximum atomic E-state index is 14.6. The van der Waals surface area contributed by atoms with Gasteiger partial charge in [0.1, 0.15) is 11.9 Å². The van der Waals surface area contributed by atoms with Gasteiger partial charge >= 0.3 is 5.97 Å². The van der Waals surface area contributed by atoms with Crippen LogP contribution in [0.2, 0.25) is 0 Å². The zero-order chi connectivity index (χ0) is 23.3. The van der Waals surface area contributed by atoms with E-state index in [9.17, 15) is 23.1 Å². The zero-order valence-electron chi connectivity index (χ0n) is 17.7. The van der Waals surface area contributed by atoms with Gasteiger partial charge in [0, 0.05) is 43.0 Å². The lowest BCUT2D eigenvalue weighted by Gasteiger charge is -2.30. The van der Waals surface area contributed by atoms with Gasteiger partial charge in [0.15, 0.2) is 10.8 Å². The minimum absolute atomic E-state index is 0.0185. The van der Waals surface area contributed by atoms with Crippen molar-refractivity contribution in [1.29, 1.82) is 0 Å². The van der Waals surface area contributed by atoms with Gasteiger partial charge in [-0.2, -0.15) is 0 Å². The molecule has 0 saturated carbocycles. The van der Waals surface area contributed by atoms with E-state index in [0.29, 0.717) is 23.0 Å². The van der Waals surface area contributed by atoms with E-state index < -0.39 is 42.3 Å². The Morgan fingerprint density at radius 1 is 1.36 bits per heavy atom.